The monoisotopic (exact) mass is 1530 g/mol. The van der Waals surface area contributed by atoms with Gasteiger partial charge in [-0.1, -0.05) is 315 Å². The minimum absolute atomic E-state index is 0.0296. The van der Waals surface area contributed by atoms with Crippen LogP contribution in [0.1, 0.15) is 336 Å². The Kier molecular flexibility index (Phi) is 74.8. The smallest absolute Gasteiger partial charge is 0.462 e. The lowest BCUT2D eigenvalue weighted by Gasteiger charge is -2.21. The van der Waals surface area contributed by atoms with Crippen molar-refractivity contribution < 1.29 is 80.2 Å². The number of unbranched alkanes of at least 4 members (excludes halogenated alkanes) is 29. The van der Waals surface area contributed by atoms with Crippen molar-refractivity contribution in [2.45, 2.75) is 354 Å². The van der Waals surface area contributed by atoms with Gasteiger partial charge in [0.1, 0.15) is 19.3 Å². The molecule has 0 amide bonds. The third-order valence-electron chi connectivity index (χ3n) is 17.1. The number of hydrogen-bond acceptors (Lipinski definition) is 15. The number of esters is 4. The van der Waals surface area contributed by atoms with E-state index in [9.17, 15) is 43.2 Å². The highest BCUT2D eigenvalue weighted by molar-refractivity contribution is 7.47. The predicted octanol–water partition coefficient (Wildman–Crippen LogP) is 24.4. The minimum atomic E-state index is -5.00. The molecule has 0 rings (SSSR count). The number of carbonyl (C=O) groups excluding carboxylic acids is 4. The van der Waals surface area contributed by atoms with E-state index in [1.54, 1.807) is 0 Å². The molecular formula is C87H148O17P2. The Labute approximate surface area is 644 Å². The van der Waals surface area contributed by atoms with Gasteiger partial charge >= 0.3 is 39.5 Å². The second-order valence-corrected chi connectivity index (χ2v) is 30.2. The molecule has 0 aromatic heterocycles. The number of hydrogen-bond donors (Lipinski definition) is 3. The molecule has 0 aromatic carbocycles. The number of allylic oxidation sites excluding steroid dienone is 22. The molecule has 5 atom stereocenters. The molecule has 3 N–H and O–H groups in total. The summed E-state index contributed by atoms with van der Waals surface area (Å²) in [5, 5.41) is 10.7. The van der Waals surface area contributed by atoms with E-state index in [0.29, 0.717) is 32.1 Å². The van der Waals surface area contributed by atoms with Crippen molar-refractivity contribution in [2.24, 2.45) is 0 Å². The Morgan fingerprint density at radius 2 is 0.509 bits per heavy atom. The highest BCUT2D eigenvalue weighted by atomic mass is 31.2. The van der Waals surface area contributed by atoms with Gasteiger partial charge in [0.25, 0.3) is 0 Å². The quantitative estimate of drug-likeness (QED) is 0.0169. The van der Waals surface area contributed by atoms with Gasteiger partial charge in [-0.25, -0.2) is 9.13 Å². The topological polar surface area (TPSA) is 237 Å². The van der Waals surface area contributed by atoms with Crippen molar-refractivity contribution in [3.63, 3.8) is 0 Å². The van der Waals surface area contributed by atoms with Crippen molar-refractivity contribution in [3.05, 3.63) is 134 Å². The van der Waals surface area contributed by atoms with Gasteiger partial charge in [-0.05, 0) is 128 Å². The van der Waals surface area contributed by atoms with Crippen LogP contribution in [0.3, 0.4) is 0 Å². The van der Waals surface area contributed by atoms with Gasteiger partial charge in [-0.3, -0.25) is 37.3 Å². The zero-order chi connectivity index (χ0) is 77.4. The number of phosphoric acid groups is 2. The summed E-state index contributed by atoms with van der Waals surface area (Å²) in [7, 11) is -9.99. The van der Waals surface area contributed by atoms with Crippen LogP contribution < -0.4 is 0 Å². The lowest BCUT2D eigenvalue weighted by molar-refractivity contribution is -0.161. The van der Waals surface area contributed by atoms with Crippen molar-refractivity contribution in [1.82, 2.24) is 0 Å². The van der Waals surface area contributed by atoms with Crippen molar-refractivity contribution in [2.75, 3.05) is 39.6 Å². The molecule has 0 fully saturated rings. The van der Waals surface area contributed by atoms with Crippen molar-refractivity contribution in [1.29, 1.82) is 0 Å². The van der Waals surface area contributed by atoms with E-state index in [2.05, 4.69) is 143 Å². The first-order valence-corrected chi connectivity index (χ1v) is 44.4. The van der Waals surface area contributed by atoms with Crippen molar-refractivity contribution >= 4 is 39.5 Å². The van der Waals surface area contributed by atoms with Crippen LogP contribution in [0.5, 0.6) is 0 Å². The van der Waals surface area contributed by atoms with Gasteiger partial charge in [0.05, 0.1) is 26.4 Å². The molecule has 0 heterocycles. The van der Waals surface area contributed by atoms with E-state index in [4.69, 9.17) is 37.0 Å². The zero-order valence-electron chi connectivity index (χ0n) is 66.6. The highest BCUT2D eigenvalue weighted by Crippen LogP contribution is 2.45. The van der Waals surface area contributed by atoms with Gasteiger partial charge in [-0.15, -0.1) is 0 Å². The Bertz CT molecular complexity index is 2530. The molecule has 5 unspecified atom stereocenters. The summed E-state index contributed by atoms with van der Waals surface area (Å²) < 4.78 is 68.6. The average Bonchev–Trinajstić information content (AvgIpc) is 0.903. The summed E-state index contributed by atoms with van der Waals surface area (Å²) >= 11 is 0. The number of phosphoric ester groups is 2. The van der Waals surface area contributed by atoms with Crippen molar-refractivity contribution in [3.8, 4) is 0 Å². The van der Waals surface area contributed by atoms with Gasteiger partial charge < -0.3 is 33.8 Å². The number of aliphatic hydroxyl groups excluding tert-OH is 1. The number of aliphatic hydroxyl groups is 1. The van der Waals surface area contributed by atoms with Crippen LogP contribution in [0, 0.1) is 0 Å². The summed E-state index contributed by atoms with van der Waals surface area (Å²) in [6.07, 6.45) is 88.6. The maximum atomic E-state index is 13.1. The average molecular weight is 1530 g/mol. The number of ether oxygens (including phenoxy) is 4. The van der Waals surface area contributed by atoms with E-state index in [-0.39, 0.29) is 25.7 Å². The van der Waals surface area contributed by atoms with Gasteiger partial charge in [0.2, 0.25) is 0 Å². The first-order chi connectivity index (χ1) is 51.7. The zero-order valence-corrected chi connectivity index (χ0v) is 68.4. The molecule has 19 heteroatoms. The van der Waals surface area contributed by atoms with E-state index in [0.717, 1.165) is 154 Å². The van der Waals surface area contributed by atoms with E-state index in [1.807, 2.05) is 18.2 Å². The molecule has 17 nitrogen and oxygen atoms in total. The largest absolute Gasteiger partial charge is 0.472 e. The Morgan fingerprint density at radius 3 is 0.830 bits per heavy atom. The molecular weight excluding hydrogens is 1380 g/mol. The molecule has 0 aromatic rings. The van der Waals surface area contributed by atoms with Crippen LogP contribution in [-0.4, -0.2) is 96.7 Å². The Hall–Kier alpha value is -4.80. The van der Waals surface area contributed by atoms with Crippen LogP contribution in [0.2, 0.25) is 0 Å². The summed E-state index contributed by atoms with van der Waals surface area (Å²) in [5.41, 5.74) is 0. The third kappa shape index (κ3) is 77.4. The van der Waals surface area contributed by atoms with Crippen LogP contribution in [0.25, 0.3) is 0 Å². The second kappa shape index (κ2) is 78.3. The molecule has 0 saturated heterocycles. The molecule has 0 aliphatic heterocycles. The number of rotatable bonds is 77. The first kappa shape index (κ1) is 101. The second-order valence-electron chi connectivity index (χ2n) is 27.3. The molecule has 0 radical (unpaired) electrons. The van der Waals surface area contributed by atoms with Crippen LogP contribution in [0.15, 0.2) is 134 Å². The summed E-state index contributed by atoms with van der Waals surface area (Å²) in [6.45, 7) is 4.56. The van der Waals surface area contributed by atoms with Crippen LogP contribution >= 0.6 is 15.6 Å². The SMILES string of the molecule is CC/C=C\C/C=C\C/C=C\C/C=C\C/C=C\C/C=C\CCC(=O)OCC(COP(=O)(O)OCC(O)COP(=O)(O)OCC(COC(=O)CCCCCCCCCCCCCCCCC)OC(=O)CCCCCCC/C=C\CCCCCC)OC(=O)CCCCCCCC/C=C\C/C=C\C/C=C\C/C=C\CC. The van der Waals surface area contributed by atoms with Gasteiger partial charge in [0, 0.05) is 25.7 Å². The predicted molar refractivity (Wildman–Crippen MR) is 436 cm³/mol. The molecule has 0 aliphatic rings. The summed E-state index contributed by atoms with van der Waals surface area (Å²) in [4.78, 5) is 73.1. The Morgan fingerprint density at radius 1 is 0.274 bits per heavy atom. The van der Waals surface area contributed by atoms with Crippen LogP contribution in [0.4, 0.5) is 0 Å². The lowest BCUT2D eigenvalue weighted by atomic mass is 10.0. The normalized spacial score (nSPS) is 14.5. The fourth-order valence-electron chi connectivity index (χ4n) is 10.9. The molecule has 0 bridgehead atoms. The Balaban J connectivity index is 5.44. The standard InChI is InChI=1S/C87H148O17P2/c1-5-9-13-17-21-25-29-33-36-38-40-42-45-49-52-56-60-64-68-72-85(90)98-78-83(104-87(92)74-70-66-62-58-54-50-46-43-41-39-37-34-30-26-22-18-14-10-6-2)80-102-106(95,96)100-76-81(88)75-99-105(93,94)101-79-82(103-86(91)73-69-65-61-57-53-47-32-28-24-20-16-12-8-4)77-97-84(89)71-67-63-59-55-51-48-44-35-31-27-23-19-15-11-7-3/h9-10,13-14,21-22,25-26,28,32-34,36-37,40-43,49,52,60,64,81-83,88H,5-8,11-12,15-20,23-24,27,29-31,35,38-39,44-48,50-51,53-59,61-63,65-80H2,1-4H3,(H,93,94)(H,95,96)/b13-9-,14-10-,25-21-,26-22-,32-28-,36-33-,37-34-,42-40-,43-41-,52-49-,64-60-. The maximum absolute atomic E-state index is 13.1. The molecule has 0 spiro atoms. The summed E-state index contributed by atoms with van der Waals surface area (Å²) in [6, 6.07) is 0. The third-order valence-corrected chi connectivity index (χ3v) is 19.0. The van der Waals surface area contributed by atoms with E-state index >= 15 is 0 Å². The fraction of sp³-hybridized carbons (Fsp3) is 0.701. The molecule has 0 saturated carbocycles. The number of carbonyl (C=O) groups is 4. The highest BCUT2D eigenvalue weighted by Gasteiger charge is 2.30. The summed E-state index contributed by atoms with van der Waals surface area (Å²) in [5.74, 6) is -2.29. The maximum Gasteiger partial charge on any atom is 0.472 e. The fourth-order valence-corrected chi connectivity index (χ4v) is 12.5. The van der Waals surface area contributed by atoms with Crippen LogP contribution in [-0.2, 0) is 65.4 Å². The van der Waals surface area contributed by atoms with E-state index in [1.165, 1.54) is 96.3 Å². The molecule has 106 heavy (non-hydrogen) atoms. The molecule has 0 aliphatic carbocycles. The van der Waals surface area contributed by atoms with Gasteiger partial charge in [-0.2, -0.15) is 0 Å². The lowest BCUT2D eigenvalue weighted by Crippen LogP contribution is -2.30. The van der Waals surface area contributed by atoms with E-state index < -0.39 is 97.5 Å². The minimum Gasteiger partial charge on any atom is -0.462 e. The molecule has 608 valence electrons. The van der Waals surface area contributed by atoms with Gasteiger partial charge in [0.15, 0.2) is 12.2 Å². The first-order valence-electron chi connectivity index (χ1n) is 41.4.